The van der Waals surface area contributed by atoms with E-state index in [2.05, 4.69) is 5.32 Å². The summed E-state index contributed by atoms with van der Waals surface area (Å²) < 4.78 is 0. The third kappa shape index (κ3) is 2.69. The zero-order valence-electron chi connectivity index (χ0n) is 10.3. The molecule has 0 radical (unpaired) electrons. The number of nitrogens with two attached hydrogens (primary N) is 1. The number of nitrogens with one attached hydrogen (secondary N) is 1. The van der Waals surface area contributed by atoms with E-state index in [1.54, 1.807) is 24.3 Å². The van der Waals surface area contributed by atoms with Crippen LogP contribution in [0.4, 0.5) is 17.1 Å². The van der Waals surface area contributed by atoms with Crippen LogP contribution in [0.1, 0.15) is 20.7 Å². The summed E-state index contributed by atoms with van der Waals surface area (Å²) in [6.07, 6.45) is 0. The van der Waals surface area contributed by atoms with E-state index in [1.165, 1.54) is 18.2 Å². The van der Waals surface area contributed by atoms with Crippen molar-refractivity contribution in [2.45, 2.75) is 0 Å². The van der Waals surface area contributed by atoms with Gasteiger partial charge in [0.15, 0.2) is 0 Å². The highest BCUT2D eigenvalue weighted by Crippen LogP contribution is 2.26. The number of para-hydroxylation sites is 2. The van der Waals surface area contributed by atoms with Gasteiger partial charge in [0, 0.05) is 0 Å². The Morgan fingerprint density at radius 3 is 2.25 bits per heavy atom. The molecule has 0 aromatic heterocycles. The summed E-state index contributed by atoms with van der Waals surface area (Å²) in [7, 11) is 0. The first-order valence-corrected chi connectivity index (χ1v) is 5.71. The van der Waals surface area contributed by atoms with E-state index < -0.39 is 11.9 Å². The molecule has 0 aliphatic carbocycles. The van der Waals surface area contributed by atoms with Crippen LogP contribution in [0.15, 0.2) is 42.5 Å². The van der Waals surface area contributed by atoms with Gasteiger partial charge in [0.2, 0.25) is 0 Å². The number of nitrogen functional groups attached to an aromatic ring is 1. The number of carboxylic acid groups (broad SMARTS) is 2. The quantitative estimate of drug-likeness (QED) is 0.636. The Labute approximate surface area is 114 Å². The van der Waals surface area contributed by atoms with E-state index in [0.717, 1.165) is 0 Å². The second-order valence-corrected chi connectivity index (χ2v) is 4.08. The SMILES string of the molecule is Nc1ccccc1Nc1cc(C(=O)O)ccc1C(=O)O. The third-order valence-corrected chi connectivity index (χ3v) is 2.73. The minimum absolute atomic E-state index is 0.00741. The molecule has 0 aliphatic heterocycles. The number of anilines is 3. The Morgan fingerprint density at radius 1 is 0.950 bits per heavy atom. The molecule has 0 amide bonds. The lowest BCUT2D eigenvalue weighted by atomic mass is 10.1. The molecule has 0 saturated carbocycles. The highest BCUT2D eigenvalue weighted by atomic mass is 16.4. The standard InChI is InChI=1S/C14H12N2O4/c15-10-3-1-2-4-11(10)16-12-7-8(13(17)18)5-6-9(12)14(19)20/h1-7,16H,15H2,(H,17,18)(H,19,20). The number of hydrogen-bond acceptors (Lipinski definition) is 4. The topological polar surface area (TPSA) is 113 Å². The molecule has 0 aliphatic rings. The van der Waals surface area contributed by atoms with Crippen molar-refractivity contribution in [2.24, 2.45) is 0 Å². The highest BCUT2D eigenvalue weighted by Gasteiger charge is 2.14. The fourth-order valence-electron chi connectivity index (χ4n) is 1.72. The lowest BCUT2D eigenvalue weighted by molar-refractivity contribution is 0.0682. The molecule has 102 valence electrons. The smallest absolute Gasteiger partial charge is 0.337 e. The lowest BCUT2D eigenvalue weighted by Gasteiger charge is -2.12. The van der Waals surface area contributed by atoms with Crippen LogP contribution in [-0.4, -0.2) is 22.2 Å². The van der Waals surface area contributed by atoms with Crippen LogP contribution in [0.3, 0.4) is 0 Å². The van der Waals surface area contributed by atoms with Gasteiger partial charge < -0.3 is 21.3 Å². The van der Waals surface area contributed by atoms with Crippen LogP contribution < -0.4 is 11.1 Å². The molecule has 0 spiro atoms. The van der Waals surface area contributed by atoms with Crippen molar-refractivity contribution in [3.05, 3.63) is 53.6 Å². The van der Waals surface area contributed by atoms with E-state index in [4.69, 9.17) is 15.9 Å². The monoisotopic (exact) mass is 272 g/mol. The number of carboxylic acids is 2. The summed E-state index contributed by atoms with van der Waals surface area (Å²) in [6, 6.07) is 10.6. The Bertz CT molecular complexity index is 683. The van der Waals surface area contributed by atoms with Gasteiger partial charge in [-0.3, -0.25) is 0 Å². The molecule has 0 heterocycles. The average molecular weight is 272 g/mol. The van der Waals surface area contributed by atoms with Crippen molar-refractivity contribution in [3.63, 3.8) is 0 Å². The molecule has 2 aromatic carbocycles. The zero-order valence-corrected chi connectivity index (χ0v) is 10.3. The molecule has 6 heteroatoms. The Kier molecular flexibility index (Phi) is 3.56. The number of benzene rings is 2. The van der Waals surface area contributed by atoms with E-state index >= 15 is 0 Å². The second kappa shape index (κ2) is 5.31. The molecule has 20 heavy (non-hydrogen) atoms. The summed E-state index contributed by atoms with van der Waals surface area (Å²) in [6.45, 7) is 0. The third-order valence-electron chi connectivity index (χ3n) is 2.73. The predicted molar refractivity (Wildman–Crippen MR) is 74.5 cm³/mol. The van der Waals surface area contributed by atoms with Gasteiger partial charge in [-0.15, -0.1) is 0 Å². The van der Waals surface area contributed by atoms with Gasteiger partial charge in [0.05, 0.1) is 28.2 Å². The van der Waals surface area contributed by atoms with E-state index in [1.807, 2.05) is 0 Å². The van der Waals surface area contributed by atoms with E-state index in [0.29, 0.717) is 11.4 Å². The first-order chi connectivity index (χ1) is 9.49. The van der Waals surface area contributed by atoms with E-state index in [9.17, 15) is 9.59 Å². The number of rotatable bonds is 4. The van der Waals surface area contributed by atoms with Crippen molar-refractivity contribution in [1.82, 2.24) is 0 Å². The van der Waals surface area contributed by atoms with Crippen molar-refractivity contribution in [3.8, 4) is 0 Å². The molecular formula is C14H12N2O4. The van der Waals surface area contributed by atoms with Crippen LogP contribution in [0.25, 0.3) is 0 Å². The van der Waals surface area contributed by atoms with Gasteiger partial charge >= 0.3 is 11.9 Å². The molecule has 0 bridgehead atoms. The van der Waals surface area contributed by atoms with E-state index in [-0.39, 0.29) is 16.8 Å². The predicted octanol–water partition coefficient (Wildman–Crippen LogP) is 2.41. The Hall–Kier alpha value is -3.02. The normalized spacial score (nSPS) is 10.0. The largest absolute Gasteiger partial charge is 0.478 e. The highest BCUT2D eigenvalue weighted by molar-refractivity contribution is 5.98. The van der Waals surface area contributed by atoms with Crippen LogP contribution in [0.5, 0.6) is 0 Å². The van der Waals surface area contributed by atoms with Gasteiger partial charge in [-0.25, -0.2) is 9.59 Å². The first kappa shape index (κ1) is 13.4. The maximum atomic E-state index is 11.2. The van der Waals surface area contributed by atoms with Crippen LogP contribution in [0.2, 0.25) is 0 Å². The van der Waals surface area contributed by atoms with Gasteiger partial charge in [-0.1, -0.05) is 12.1 Å². The molecule has 5 N–H and O–H groups in total. The van der Waals surface area contributed by atoms with Gasteiger partial charge in [-0.05, 0) is 30.3 Å². The Morgan fingerprint density at radius 2 is 1.65 bits per heavy atom. The Balaban J connectivity index is 2.48. The minimum atomic E-state index is -1.15. The van der Waals surface area contributed by atoms with Gasteiger partial charge in [-0.2, -0.15) is 0 Å². The summed E-state index contributed by atoms with van der Waals surface area (Å²) >= 11 is 0. The van der Waals surface area contributed by atoms with Crippen LogP contribution >= 0.6 is 0 Å². The molecule has 6 nitrogen and oxygen atoms in total. The number of aromatic carboxylic acids is 2. The van der Waals surface area contributed by atoms with Crippen molar-refractivity contribution in [2.75, 3.05) is 11.1 Å². The molecular weight excluding hydrogens is 260 g/mol. The molecule has 0 fully saturated rings. The molecule has 2 aromatic rings. The van der Waals surface area contributed by atoms with Crippen molar-refractivity contribution in [1.29, 1.82) is 0 Å². The molecule has 0 atom stereocenters. The minimum Gasteiger partial charge on any atom is -0.478 e. The van der Waals surface area contributed by atoms with Gasteiger partial charge in [0.1, 0.15) is 0 Å². The molecule has 2 rings (SSSR count). The van der Waals surface area contributed by atoms with Crippen LogP contribution in [0, 0.1) is 0 Å². The fourth-order valence-corrected chi connectivity index (χ4v) is 1.72. The molecule has 0 saturated heterocycles. The summed E-state index contributed by atoms with van der Waals surface area (Å²) in [4.78, 5) is 22.1. The summed E-state index contributed by atoms with van der Waals surface area (Å²) in [5.74, 6) is -2.29. The van der Waals surface area contributed by atoms with Gasteiger partial charge in [0.25, 0.3) is 0 Å². The van der Waals surface area contributed by atoms with Crippen molar-refractivity contribution < 1.29 is 19.8 Å². The first-order valence-electron chi connectivity index (χ1n) is 5.71. The summed E-state index contributed by atoms with van der Waals surface area (Å²) in [5.41, 5.74) is 6.85. The fraction of sp³-hybridized carbons (Fsp3) is 0. The van der Waals surface area contributed by atoms with Crippen LogP contribution in [-0.2, 0) is 0 Å². The zero-order chi connectivity index (χ0) is 14.7. The lowest BCUT2D eigenvalue weighted by Crippen LogP contribution is -2.06. The maximum absolute atomic E-state index is 11.2. The molecule has 0 unspecified atom stereocenters. The number of carbonyl (C=O) groups is 2. The second-order valence-electron chi connectivity index (χ2n) is 4.08. The van der Waals surface area contributed by atoms with Crippen molar-refractivity contribution >= 4 is 29.0 Å². The summed E-state index contributed by atoms with van der Waals surface area (Å²) in [5, 5.41) is 20.9. The average Bonchev–Trinajstić information content (AvgIpc) is 2.41. The number of hydrogen-bond donors (Lipinski definition) is 4. The maximum Gasteiger partial charge on any atom is 0.337 e.